The van der Waals surface area contributed by atoms with Crippen LogP contribution in [-0.2, 0) is 20.7 Å². The van der Waals surface area contributed by atoms with Crippen molar-refractivity contribution in [2.24, 2.45) is 11.7 Å². The molecule has 167 valence electrons. The van der Waals surface area contributed by atoms with Gasteiger partial charge in [-0.3, -0.25) is 14.5 Å². The van der Waals surface area contributed by atoms with E-state index in [4.69, 9.17) is 10.5 Å². The van der Waals surface area contributed by atoms with Crippen molar-refractivity contribution in [3.8, 4) is 0 Å². The van der Waals surface area contributed by atoms with Crippen LogP contribution in [0.1, 0.15) is 38.2 Å². The highest BCUT2D eigenvalue weighted by Crippen LogP contribution is 2.25. The molecule has 0 saturated carbocycles. The van der Waals surface area contributed by atoms with Gasteiger partial charge in [0, 0.05) is 32.0 Å². The van der Waals surface area contributed by atoms with E-state index in [2.05, 4.69) is 4.90 Å². The van der Waals surface area contributed by atoms with Crippen LogP contribution in [0.25, 0.3) is 0 Å². The van der Waals surface area contributed by atoms with Crippen LogP contribution in [0.5, 0.6) is 0 Å². The van der Waals surface area contributed by atoms with Crippen molar-refractivity contribution in [2.45, 2.75) is 50.8 Å². The van der Waals surface area contributed by atoms with Gasteiger partial charge < -0.3 is 15.6 Å². The molecule has 0 aliphatic carbocycles. The summed E-state index contributed by atoms with van der Waals surface area (Å²) in [6, 6.07) is 9.72. The molecule has 0 aromatic heterocycles. The minimum absolute atomic E-state index is 0.0195. The minimum Gasteiger partial charge on any atom is -0.393 e. The number of benzene rings is 1. The maximum Gasteiger partial charge on any atom is 0.254 e. The molecule has 1 amide bonds. The van der Waals surface area contributed by atoms with Crippen LogP contribution < -0.4 is 5.73 Å². The number of ether oxygens (including phenoxy) is 1. The van der Waals surface area contributed by atoms with Gasteiger partial charge in [0.1, 0.15) is 5.78 Å². The summed E-state index contributed by atoms with van der Waals surface area (Å²) in [6.07, 6.45) is 2.13. The number of alkyl halides is 1. The van der Waals surface area contributed by atoms with E-state index >= 15 is 0 Å². The maximum absolute atomic E-state index is 14.3. The Kier molecular flexibility index (Phi) is 9.88. The number of hydrogen-bond acceptors (Lipinski definition) is 5. The molecule has 30 heavy (non-hydrogen) atoms. The average Bonchev–Trinajstić information content (AvgIpc) is 2.74. The van der Waals surface area contributed by atoms with Crippen LogP contribution in [0.3, 0.4) is 0 Å². The number of rotatable bonds is 13. The lowest BCUT2D eigenvalue weighted by molar-refractivity contribution is -0.130. The number of ketones is 1. The largest absolute Gasteiger partial charge is 0.393 e. The van der Waals surface area contributed by atoms with E-state index in [0.717, 1.165) is 25.6 Å². The number of primary amides is 1. The smallest absolute Gasteiger partial charge is 0.254 e. The molecule has 0 spiro atoms. The second-order valence-corrected chi connectivity index (χ2v) is 8.20. The number of nitrogens with two attached hydrogens (primary N) is 1. The highest BCUT2D eigenvalue weighted by atomic mass is 19.1. The number of carbonyl (C=O) groups excluding carboxylic acids is 2. The van der Waals surface area contributed by atoms with Crippen LogP contribution >= 0.6 is 0 Å². The lowest BCUT2D eigenvalue weighted by atomic mass is 9.85. The number of hydrogen-bond donors (Lipinski definition) is 2. The number of carbonyl (C=O) groups is 2. The first-order valence-corrected chi connectivity index (χ1v) is 10.6. The second-order valence-electron chi connectivity index (χ2n) is 8.20. The molecule has 1 aromatic rings. The number of halogens is 1. The molecule has 1 aliphatic rings. The van der Waals surface area contributed by atoms with Crippen LogP contribution in [0.2, 0.25) is 0 Å². The Morgan fingerprint density at radius 3 is 2.60 bits per heavy atom. The Labute approximate surface area is 178 Å². The monoisotopic (exact) mass is 421 g/mol. The standard InChI is InChI=1S/C23H34FN2O4/c1-23(24,22(25)29)11-9-19(21(28)10-12-26-13-15-30-16-14-26)17-20(27)8-7-18-5-3-2-4-6-18/h2-6,8,19-20,27H,7,9-17H2,1H3,(H2,25,29)/t19-,20+,23?/m1/s1. The number of Topliss-reactive ketones (excluding diaryl/α,β-unsaturated/α-hetero) is 1. The third-order valence-electron chi connectivity index (χ3n) is 5.70. The number of nitrogens with zero attached hydrogens (tertiary/aromatic N) is 1. The SMILES string of the molecule is CC(F)(CC[C@H](C[C@@H](O)[CH]Cc1ccccc1)C(=O)CCN1CCOCC1)C(N)=O. The zero-order valence-corrected chi connectivity index (χ0v) is 17.8. The molecule has 2 rings (SSSR count). The zero-order chi connectivity index (χ0) is 22.0. The number of amides is 1. The van der Waals surface area contributed by atoms with Crippen LogP contribution in [0, 0.1) is 12.3 Å². The molecule has 1 fully saturated rings. The van der Waals surface area contributed by atoms with Gasteiger partial charge in [0.05, 0.1) is 19.3 Å². The molecule has 1 radical (unpaired) electrons. The predicted octanol–water partition coefficient (Wildman–Crippen LogP) is 2.09. The van der Waals surface area contributed by atoms with Gasteiger partial charge in [0.15, 0.2) is 5.67 Å². The van der Waals surface area contributed by atoms with E-state index in [0.29, 0.717) is 32.6 Å². The molecule has 1 aliphatic heterocycles. The lowest BCUT2D eigenvalue weighted by Gasteiger charge is -2.27. The summed E-state index contributed by atoms with van der Waals surface area (Å²) in [5.74, 6) is -1.57. The van der Waals surface area contributed by atoms with Crippen molar-refractivity contribution >= 4 is 11.7 Å². The van der Waals surface area contributed by atoms with Crippen LogP contribution in [-0.4, -0.2) is 66.3 Å². The molecule has 7 heteroatoms. The maximum atomic E-state index is 14.3. The van der Waals surface area contributed by atoms with E-state index in [1.165, 1.54) is 0 Å². The van der Waals surface area contributed by atoms with Gasteiger partial charge in [0.2, 0.25) is 0 Å². The Morgan fingerprint density at radius 1 is 1.30 bits per heavy atom. The fourth-order valence-corrected chi connectivity index (χ4v) is 3.55. The summed E-state index contributed by atoms with van der Waals surface area (Å²) in [6.45, 7) is 4.65. The number of aliphatic hydroxyl groups is 1. The highest BCUT2D eigenvalue weighted by Gasteiger charge is 2.33. The van der Waals surface area contributed by atoms with Crippen molar-refractivity contribution < 1.29 is 23.8 Å². The number of morpholine rings is 1. The van der Waals surface area contributed by atoms with Crippen molar-refractivity contribution in [2.75, 3.05) is 32.8 Å². The molecule has 1 unspecified atom stereocenters. The second kappa shape index (κ2) is 12.1. The fourth-order valence-electron chi connectivity index (χ4n) is 3.55. The lowest BCUT2D eigenvalue weighted by Crippen LogP contribution is -2.39. The Hall–Kier alpha value is -1.83. The summed E-state index contributed by atoms with van der Waals surface area (Å²) >= 11 is 0. The molecule has 6 nitrogen and oxygen atoms in total. The Morgan fingerprint density at radius 2 is 1.97 bits per heavy atom. The van der Waals surface area contributed by atoms with Gasteiger partial charge in [-0.2, -0.15) is 0 Å². The molecule has 1 aromatic carbocycles. The Bertz CT molecular complexity index is 662. The van der Waals surface area contributed by atoms with E-state index in [9.17, 15) is 19.1 Å². The van der Waals surface area contributed by atoms with E-state index < -0.39 is 23.6 Å². The zero-order valence-electron chi connectivity index (χ0n) is 17.8. The van der Waals surface area contributed by atoms with Gasteiger partial charge in [-0.15, -0.1) is 0 Å². The molecule has 1 saturated heterocycles. The average molecular weight is 422 g/mol. The van der Waals surface area contributed by atoms with E-state index in [-0.39, 0.29) is 25.0 Å². The van der Waals surface area contributed by atoms with Crippen LogP contribution in [0.4, 0.5) is 4.39 Å². The third kappa shape index (κ3) is 8.50. The molecular weight excluding hydrogens is 387 g/mol. The third-order valence-corrected chi connectivity index (χ3v) is 5.70. The van der Waals surface area contributed by atoms with Crippen molar-refractivity contribution in [3.05, 3.63) is 42.3 Å². The van der Waals surface area contributed by atoms with Crippen LogP contribution in [0.15, 0.2) is 30.3 Å². The van der Waals surface area contributed by atoms with Gasteiger partial charge >= 0.3 is 0 Å². The predicted molar refractivity (Wildman–Crippen MR) is 113 cm³/mol. The highest BCUT2D eigenvalue weighted by molar-refractivity contribution is 5.83. The van der Waals surface area contributed by atoms with Gasteiger partial charge in [-0.05, 0) is 44.6 Å². The quantitative estimate of drug-likeness (QED) is 0.509. The first-order chi connectivity index (χ1) is 14.3. The minimum atomic E-state index is -2.17. The summed E-state index contributed by atoms with van der Waals surface area (Å²) in [4.78, 5) is 26.3. The normalized spacial score (nSPS) is 19.0. The topological polar surface area (TPSA) is 92.9 Å². The first-order valence-electron chi connectivity index (χ1n) is 10.6. The van der Waals surface area contributed by atoms with Crippen molar-refractivity contribution in [3.63, 3.8) is 0 Å². The summed E-state index contributed by atoms with van der Waals surface area (Å²) in [7, 11) is 0. The summed E-state index contributed by atoms with van der Waals surface area (Å²) < 4.78 is 19.7. The fraction of sp³-hybridized carbons (Fsp3) is 0.609. The van der Waals surface area contributed by atoms with E-state index in [1.807, 2.05) is 30.3 Å². The van der Waals surface area contributed by atoms with E-state index in [1.54, 1.807) is 6.42 Å². The summed E-state index contributed by atoms with van der Waals surface area (Å²) in [5.41, 5.74) is 4.03. The van der Waals surface area contributed by atoms with Gasteiger partial charge in [-0.25, -0.2) is 4.39 Å². The molecule has 0 bridgehead atoms. The van der Waals surface area contributed by atoms with Crippen molar-refractivity contribution in [1.29, 1.82) is 0 Å². The molecular formula is C23H34FN2O4. The molecule has 3 N–H and O–H groups in total. The van der Waals surface area contributed by atoms with Gasteiger partial charge in [0.25, 0.3) is 5.91 Å². The Balaban J connectivity index is 1.90. The first kappa shape index (κ1) is 24.4. The molecule has 1 heterocycles. The molecule has 3 atom stereocenters. The van der Waals surface area contributed by atoms with Crippen molar-refractivity contribution in [1.82, 2.24) is 4.90 Å². The van der Waals surface area contributed by atoms with Gasteiger partial charge in [-0.1, -0.05) is 30.3 Å². The summed E-state index contributed by atoms with van der Waals surface area (Å²) in [5, 5.41) is 10.5. The number of aliphatic hydroxyl groups excluding tert-OH is 1.